The predicted molar refractivity (Wildman–Crippen MR) is 92.5 cm³/mol. The Balaban J connectivity index is 1.93. The number of carbonyl (C=O) groups is 2. The highest BCUT2D eigenvalue weighted by Crippen LogP contribution is 2.50. The molecule has 2 aliphatic carbocycles. The van der Waals surface area contributed by atoms with Gasteiger partial charge in [-0.3, -0.25) is 0 Å². The van der Waals surface area contributed by atoms with Gasteiger partial charge in [-0.05, 0) is 39.0 Å². The van der Waals surface area contributed by atoms with E-state index in [1.807, 2.05) is 0 Å². The quantitative estimate of drug-likeness (QED) is 0.317. The van der Waals surface area contributed by atoms with Crippen LogP contribution in [0.25, 0.3) is 0 Å². The second-order valence-corrected chi connectivity index (χ2v) is 7.57. The Bertz CT molecular complexity index is 562. The smallest absolute Gasteiger partial charge is 0.336 e. The third kappa shape index (κ3) is 3.81. The molecule has 0 amide bonds. The van der Waals surface area contributed by atoms with Crippen molar-refractivity contribution < 1.29 is 23.8 Å². The van der Waals surface area contributed by atoms with Crippen molar-refractivity contribution in [2.24, 2.45) is 11.8 Å². The van der Waals surface area contributed by atoms with Crippen LogP contribution < -0.4 is 0 Å². The number of esters is 2. The molecule has 1 saturated heterocycles. The zero-order chi connectivity index (χ0) is 18.0. The minimum absolute atomic E-state index is 0.00810. The molecule has 5 heteroatoms. The van der Waals surface area contributed by atoms with Gasteiger partial charge in [0.25, 0.3) is 5.79 Å². The van der Waals surface area contributed by atoms with Crippen LogP contribution in [-0.4, -0.2) is 29.9 Å². The van der Waals surface area contributed by atoms with Crippen LogP contribution in [0, 0.1) is 11.8 Å². The van der Waals surface area contributed by atoms with Crippen molar-refractivity contribution in [3.8, 4) is 0 Å². The van der Waals surface area contributed by atoms with Gasteiger partial charge in [0, 0.05) is 23.5 Å². The number of rotatable bonds is 6. The first-order chi connectivity index (χ1) is 12.0. The van der Waals surface area contributed by atoms with E-state index in [1.165, 1.54) is 0 Å². The molecule has 0 aromatic heterocycles. The first-order valence-corrected chi connectivity index (χ1v) is 9.36. The summed E-state index contributed by atoms with van der Waals surface area (Å²) in [7, 11) is 0. The van der Waals surface area contributed by atoms with Gasteiger partial charge in [0.1, 0.15) is 0 Å². The molecule has 0 N–H and O–H groups in total. The third-order valence-electron chi connectivity index (χ3n) is 5.77. The zero-order valence-electron chi connectivity index (χ0n) is 15.0. The molecule has 3 fully saturated rings. The number of epoxide rings is 1. The molecule has 0 radical (unpaired) electrons. The molecule has 0 spiro atoms. The molecular formula is C20H28O5. The first-order valence-electron chi connectivity index (χ1n) is 9.36. The van der Waals surface area contributed by atoms with E-state index in [2.05, 4.69) is 13.2 Å². The molecule has 0 bridgehead atoms. The van der Waals surface area contributed by atoms with Gasteiger partial charge in [-0.1, -0.05) is 32.4 Å². The lowest BCUT2D eigenvalue weighted by Crippen LogP contribution is -2.54. The minimum Gasteiger partial charge on any atom is -0.419 e. The lowest BCUT2D eigenvalue weighted by molar-refractivity contribution is -0.272. The molecular weight excluding hydrogens is 320 g/mol. The van der Waals surface area contributed by atoms with Gasteiger partial charge in [-0.25, -0.2) is 9.59 Å². The van der Waals surface area contributed by atoms with E-state index < -0.39 is 17.7 Å². The van der Waals surface area contributed by atoms with E-state index in [1.54, 1.807) is 6.92 Å². The van der Waals surface area contributed by atoms with Crippen molar-refractivity contribution in [1.29, 1.82) is 0 Å². The van der Waals surface area contributed by atoms with Crippen LogP contribution in [0.4, 0.5) is 0 Å². The highest BCUT2D eigenvalue weighted by atomic mass is 16.7. The summed E-state index contributed by atoms with van der Waals surface area (Å²) in [6.07, 6.45) is 9.22. The Hall–Kier alpha value is -1.62. The summed E-state index contributed by atoms with van der Waals surface area (Å²) in [5.41, 5.74) is 0.311. The molecule has 1 aliphatic heterocycles. The number of hydrogen-bond donors (Lipinski definition) is 0. The fourth-order valence-electron chi connectivity index (χ4n) is 4.39. The fourth-order valence-corrected chi connectivity index (χ4v) is 4.39. The van der Waals surface area contributed by atoms with Crippen molar-refractivity contribution in [1.82, 2.24) is 0 Å². The summed E-state index contributed by atoms with van der Waals surface area (Å²) in [5, 5.41) is 0. The predicted octanol–water partition coefficient (Wildman–Crippen LogP) is 3.68. The van der Waals surface area contributed by atoms with E-state index >= 15 is 0 Å². The summed E-state index contributed by atoms with van der Waals surface area (Å²) in [4.78, 5) is 24.6. The van der Waals surface area contributed by atoms with E-state index in [4.69, 9.17) is 14.2 Å². The molecule has 5 nitrogen and oxygen atoms in total. The maximum absolute atomic E-state index is 12.4. The van der Waals surface area contributed by atoms with Gasteiger partial charge >= 0.3 is 11.9 Å². The summed E-state index contributed by atoms with van der Waals surface area (Å²) in [5.74, 6) is -2.32. The topological polar surface area (TPSA) is 65.1 Å². The van der Waals surface area contributed by atoms with Crippen LogP contribution in [0.1, 0.15) is 58.3 Å². The standard InChI is InChI=1S/C20H28O5/c1-4-18(21)24-20(25-19(22)13(2)3,14-8-6-5-7-9-14)15-10-11-16-17(12-15)23-16/h4,14-17H,1-2,5-12H2,3H3. The van der Waals surface area contributed by atoms with Gasteiger partial charge in [0.15, 0.2) is 0 Å². The average Bonchev–Trinajstić information content (AvgIpc) is 3.40. The second kappa shape index (κ2) is 7.32. The molecule has 0 aromatic carbocycles. The molecule has 25 heavy (non-hydrogen) atoms. The van der Waals surface area contributed by atoms with Crippen LogP contribution >= 0.6 is 0 Å². The van der Waals surface area contributed by atoms with Gasteiger partial charge < -0.3 is 14.2 Å². The Morgan fingerprint density at radius 3 is 2.36 bits per heavy atom. The molecule has 3 aliphatic rings. The molecule has 2 saturated carbocycles. The summed E-state index contributed by atoms with van der Waals surface area (Å²) >= 11 is 0. The van der Waals surface area contributed by atoms with Gasteiger partial charge in [0.2, 0.25) is 0 Å². The van der Waals surface area contributed by atoms with Gasteiger partial charge in [-0.2, -0.15) is 0 Å². The Morgan fingerprint density at radius 2 is 1.76 bits per heavy atom. The number of ether oxygens (including phenoxy) is 3. The van der Waals surface area contributed by atoms with Crippen LogP contribution in [0.15, 0.2) is 24.8 Å². The second-order valence-electron chi connectivity index (χ2n) is 7.57. The summed E-state index contributed by atoms with van der Waals surface area (Å²) in [6.45, 7) is 8.82. The Morgan fingerprint density at radius 1 is 1.04 bits per heavy atom. The van der Waals surface area contributed by atoms with Gasteiger partial charge in [0.05, 0.1) is 12.2 Å². The van der Waals surface area contributed by atoms with Crippen LogP contribution in [0.2, 0.25) is 0 Å². The highest BCUT2D eigenvalue weighted by molar-refractivity contribution is 5.87. The number of fused-ring (bicyclic) bond motifs is 1. The molecule has 4 unspecified atom stereocenters. The van der Waals surface area contributed by atoms with Crippen LogP contribution in [0.5, 0.6) is 0 Å². The van der Waals surface area contributed by atoms with Crippen molar-refractivity contribution in [2.45, 2.75) is 76.3 Å². The molecule has 1 heterocycles. The maximum Gasteiger partial charge on any atom is 0.336 e. The SMILES string of the molecule is C=CC(=O)OC(OC(=O)C(=C)C)(C1CCCCC1)C1CCC2OC2C1. The maximum atomic E-state index is 12.4. The normalized spacial score (nSPS) is 31.2. The van der Waals surface area contributed by atoms with Crippen molar-refractivity contribution in [3.63, 3.8) is 0 Å². The van der Waals surface area contributed by atoms with E-state index in [-0.39, 0.29) is 17.9 Å². The molecule has 4 atom stereocenters. The van der Waals surface area contributed by atoms with E-state index in [0.717, 1.165) is 57.4 Å². The van der Waals surface area contributed by atoms with E-state index in [0.29, 0.717) is 11.7 Å². The zero-order valence-corrected chi connectivity index (χ0v) is 15.0. The number of carbonyl (C=O) groups excluding carboxylic acids is 2. The van der Waals surface area contributed by atoms with E-state index in [9.17, 15) is 9.59 Å². The molecule has 0 aromatic rings. The van der Waals surface area contributed by atoms with Crippen molar-refractivity contribution in [3.05, 3.63) is 24.8 Å². The monoisotopic (exact) mass is 348 g/mol. The molecule has 3 rings (SSSR count). The summed E-state index contributed by atoms with van der Waals surface area (Å²) in [6, 6.07) is 0. The van der Waals surface area contributed by atoms with Crippen LogP contribution in [0.3, 0.4) is 0 Å². The van der Waals surface area contributed by atoms with Crippen molar-refractivity contribution in [2.75, 3.05) is 0 Å². The van der Waals surface area contributed by atoms with Crippen molar-refractivity contribution >= 4 is 11.9 Å². The average molecular weight is 348 g/mol. The Kier molecular flexibility index (Phi) is 5.32. The van der Waals surface area contributed by atoms with Crippen LogP contribution in [-0.2, 0) is 23.8 Å². The lowest BCUT2D eigenvalue weighted by atomic mass is 9.72. The fraction of sp³-hybridized carbons (Fsp3) is 0.700. The highest BCUT2D eigenvalue weighted by Gasteiger charge is 2.57. The minimum atomic E-state index is -1.24. The number of hydrogen-bond acceptors (Lipinski definition) is 5. The summed E-state index contributed by atoms with van der Waals surface area (Å²) < 4.78 is 17.4. The first kappa shape index (κ1) is 18.2. The molecule has 138 valence electrons. The largest absolute Gasteiger partial charge is 0.419 e. The lowest BCUT2D eigenvalue weighted by Gasteiger charge is -2.46. The third-order valence-corrected chi connectivity index (χ3v) is 5.77. The Labute approximate surface area is 149 Å². The van der Waals surface area contributed by atoms with Gasteiger partial charge in [-0.15, -0.1) is 0 Å².